The van der Waals surface area contributed by atoms with Gasteiger partial charge in [0.2, 0.25) is 0 Å². The van der Waals surface area contributed by atoms with Crippen LogP contribution in [0.2, 0.25) is 0 Å². The number of ether oxygens (including phenoxy) is 1. The quantitative estimate of drug-likeness (QED) is 0.458. The Morgan fingerprint density at radius 1 is 1.33 bits per heavy atom. The highest BCUT2D eigenvalue weighted by Crippen LogP contribution is 2.47. The SMILES string of the molecule is c1scc2c1O2. The van der Waals surface area contributed by atoms with E-state index in [9.17, 15) is 0 Å². The van der Waals surface area contributed by atoms with Crippen molar-refractivity contribution in [3.8, 4) is 11.5 Å². The third-order valence-corrected chi connectivity index (χ3v) is 1.47. The van der Waals surface area contributed by atoms with E-state index in [-0.39, 0.29) is 0 Å². The molecule has 0 saturated heterocycles. The smallest absolute Gasteiger partial charge is 0.180 e. The zero-order chi connectivity index (χ0) is 3.98. The molecule has 2 heterocycles. The third-order valence-electron chi connectivity index (χ3n) is 0.771. The molecule has 0 amide bonds. The van der Waals surface area contributed by atoms with Gasteiger partial charge in [0, 0.05) is 10.8 Å². The largest absolute Gasteiger partial charge is 0.448 e. The van der Waals surface area contributed by atoms with Crippen LogP contribution in [0.4, 0.5) is 0 Å². The van der Waals surface area contributed by atoms with E-state index in [0.29, 0.717) is 0 Å². The van der Waals surface area contributed by atoms with Crippen LogP contribution in [-0.2, 0) is 0 Å². The van der Waals surface area contributed by atoms with E-state index < -0.39 is 0 Å². The van der Waals surface area contributed by atoms with Gasteiger partial charge in [0.1, 0.15) is 0 Å². The highest BCUT2D eigenvalue weighted by Gasteiger charge is 2.18. The molecule has 2 rings (SSSR count). The van der Waals surface area contributed by atoms with Crippen LogP contribution in [0.5, 0.6) is 11.5 Å². The number of rotatable bonds is 0. The maximum Gasteiger partial charge on any atom is 0.180 e. The number of hydrogen-bond donors (Lipinski definition) is 0. The Labute approximate surface area is 39.2 Å². The molecule has 0 atom stereocenters. The molecular formula is C4H2OS. The summed E-state index contributed by atoms with van der Waals surface area (Å²) in [6.07, 6.45) is 0. The average molecular weight is 98.1 g/mol. The van der Waals surface area contributed by atoms with Crippen molar-refractivity contribution in [3.05, 3.63) is 10.8 Å². The number of fused-ring (bicyclic) bond motifs is 1. The van der Waals surface area contributed by atoms with Gasteiger partial charge >= 0.3 is 0 Å². The highest BCUT2D eigenvalue weighted by atomic mass is 32.1. The van der Waals surface area contributed by atoms with Crippen LogP contribution in [0.3, 0.4) is 0 Å². The summed E-state index contributed by atoms with van der Waals surface area (Å²) in [6.45, 7) is 0. The maximum absolute atomic E-state index is 4.85. The summed E-state index contributed by atoms with van der Waals surface area (Å²) in [5.74, 6) is 2.14. The van der Waals surface area contributed by atoms with E-state index in [2.05, 4.69) is 0 Å². The van der Waals surface area contributed by atoms with E-state index >= 15 is 0 Å². The molecule has 1 nitrogen and oxygen atoms in total. The maximum atomic E-state index is 4.85. The van der Waals surface area contributed by atoms with E-state index in [1.165, 1.54) is 0 Å². The molecule has 1 aliphatic rings. The van der Waals surface area contributed by atoms with Crippen LogP contribution >= 0.6 is 11.3 Å². The second-order valence-electron chi connectivity index (χ2n) is 1.20. The minimum Gasteiger partial charge on any atom is -0.448 e. The molecule has 1 aromatic heterocycles. The molecule has 0 aliphatic carbocycles. The predicted octanol–water partition coefficient (Wildman–Crippen LogP) is 1.85. The van der Waals surface area contributed by atoms with Crippen LogP contribution in [0.15, 0.2) is 10.8 Å². The first-order valence-electron chi connectivity index (χ1n) is 1.71. The van der Waals surface area contributed by atoms with Crippen LogP contribution < -0.4 is 4.74 Å². The normalized spacial score (nSPS) is 12.7. The first-order valence-corrected chi connectivity index (χ1v) is 2.65. The molecule has 0 N–H and O–H groups in total. The molecule has 0 aromatic carbocycles. The molecule has 2 heteroatoms. The van der Waals surface area contributed by atoms with Gasteiger partial charge in [0.15, 0.2) is 11.5 Å². The van der Waals surface area contributed by atoms with E-state index in [1.54, 1.807) is 11.3 Å². The van der Waals surface area contributed by atoms with Crippen molar-refractivity contribution >= 4 is 11.3 Å². The molecule has 0 spiro atoms. The standard InChI is InChI=1S/C4H2OS/c1-3-4(5-3)2-6-1/h1-2H. The second-order valence-corrected chi connectivity index (χ2v) is 1.95. The summed E-state index contributed by atoms with van der Waals surface area (Å²) >= 11 is 1.68. The van der Waals surface area contributed by atoms with E-state index in [0.717, 1.165) is 11.5 Å². The minimum absolute atomic E-state index is 1.07. The van der Waals surface area contributed by atoms with Crippen molar-refractivity contribution in [3.63, 3.8) is 0 Å². The molecule has 30 valence electrons. The van der Waals surface area contributed by atoms with Gasteiger partial charge in [-0.25, -0.2) is 0 Å². The van der Waals surface area contributed by atoms with Gasteiger partial charge in [-0.1, -0.05) is 0 Å². The molecule has 1 aromatic rings. The topological polar surface area (TPSA) is 12.5 Å². The van der Waals surface area contributed by atoms with Crippen molar-refractivity contribution in [1.29, 1.82) is 0 Å². The van der Waals surface area contributed by atoms with Gasteiger partial charge in [0.05, 0.1) is 0 Å². The molecule has 0 bridgehead atoms. The minimum atomic E-state index is 1.07. The molecule has 1 aliphatic heterocycles. The van der Waals surface area contributed by atoms with E-state index in [4.69, 9.17) is 4.74 Å². The van der Waals surface area contributed by atoms with Crippen LogP contribution in [-0.4, -0.2) is 0 Å². The first-order chi connectivity index (χ1) is 2.97. The molecular weight excluding hydrogens is 96.1 g/mol. The summed E-state index contributed by atoms with van der Waals surface area (Å²) in [6, 6.07) is 0. The highest BCUT2D eigenvalue weighted by molar-refractivity contribution is 7.08. The van der Waals surface area contributed by atoms with Crippen LogP contribution in [0.1, 0.15) is 0 Å². The molecule has 0 radical (unpaired) electrons. The molecule has 6 heavy (non-hydrogen) atoms. The fourth-order valence-corrected chi connectivity index (χ4v) is 1.06. The van der Waals surface area contributed by atoms with Gasteiger partial charge < -0.3 is 4.74 Å². The lowest BCUT2D eigenvalue weighted by Gasteiger charge is -1.61. The summed E-state index contributed by atoms with van der Waals surface area (Å²) in [4.78, 5) is 0. The summed E-state index contributed by atoms with van der Waals surface area (Å²) in [5, 5.41) is 3.99. The molecule has 0 fully saturated rings. The van der Waals surface area contributed by atoms with Crippen molar-refractivity contribution in [2.45, 2.75) is 0 Å². The van der Waals surface area contributed by atoms with Crippen molar-refractivity contribution in [1.82, 2.24) is 0 Å². The van der Waals surface area contributed by atoms with Crippen LogP contribution in [0.25, 0.3) is 0 Å². The first kappa shape index (κ1) is 2.64. The Balaban J connectivity index is 2.88. The zero-order valence-electron chi connectivity index (χ0n) is 2.97. The fraction of sp³-hybridized carbons (Fsp3) is 0. The third kappa shape index (κ3) is 0.165. The zero-order valence-corrected chi connectivity index (χ0v) is 3.79. The lowest BCUT2D eigenvalue weighted by Crippen LogP contribution is -1.40. The monoisotopic (exact) mass is 98.0 g/mol. The average Bonchev–Trinajstić information content (AvgIpc) is 2.17. The Bertz CT molecular complexity index is 151. The number of hydrogen-bond acceptors (Lipinski definition) is 2. The summed E-state index contributed by atoms with van der Waals surface area (Å²) in [5.41, 5.74) is 0. The fourth-order valence-electron chi connectivity index (χ4n) is 0.415. The van der Waals surface area contributed by atoms with Crippen molar-refractivity contribution in [2.75, 3.05) is 0 Å². The van der Waals surface area contributed by atoms with Gasteiger partial charge in [-0.2, -0.15) is 0 Å². The van der Waals surface area contributed by atoms with Crippen LogP contribution in [0, 0.1) is 0 Å². The molecule has 0 saturated carbocycles. The predicted molar refractivity (Wildman–Crippen MR) is 24.4 cm³/mol. The van der Waals surface area contributed by atoms with Crippen molar-refractivity contribution < 1.29 is 4.74 Å². The Morgan fingerprint density at radius 3 is 2.17 bits per heavy atom. The second kappa shape index (κ2) is 0.611. The Hall–Kier alpha value is -0.500. The van der Waals surface area contributed by atoms with Gasteiger partial charge in [-0.3, -0.25) is 0 Å². The summed E-state index contributed by atoms with van der Waals surface area (Å²) < 4.78 is 4.85. The number of thiophene rings is 1. The van der Waals surface area contributed by atoms with Gasteiger partial charge in [-0.05, 0) is 0 Å². The molecule has 0 unspecified atom stereocenters. The lowest BCUT2D eigenvalue weighted by molar-refractivity contribution is 0.649. The Kier molecular flexibility index (Phi) is 0.268. The summed E-state index contributed by atoms with van der Waals surface area (Å²) in [7, 11) is 0. The Morgan fingerprint density at radius 2 is 2.00 bits per heavy atom. The van der Waals surface area contributed by atoms with Gasteiger partial charge in [0.25, 0.3) is 0 Å². The van der Waals surface area contributed by atoms with Crippen molar-refractivity contribution in [2.24, 2.45) is 0 Å². The van der Waals surface area contributed by atoms with E-state index in [1.807, 2.05) is 10.8 Å². The lowest BCUT2D eigenvalue weighted by atomic mass is 10.7. The van der Waals surface area contributed by atoms with Gasteiger partial charge in [-0.15, -0.1) is 11.3 Å².